The number of nitrogens with zero attached hydrogens (tertiary/aromatic N) is 4. The number of hydrogen-bond donors (Lipinski definition) is 0. The van der Waals surface area contributed by atoms with Crippen LogP contribution >= 0.6 is 11.8 Å². The van der Waals surface area contributed by atoms with Crippen LogP contribution in [-0.4, -0.2) is 44.9 Å². The average Bonchev–Trinajstić information content (AvgIpc) is 2.80. The largest absolute Gasteiger partial charge is 0.348 e. The summed E-state index contributed by atoms with van der Waals surface area (Å²) in [5.74, 6) is 0.877. The Balaban J connectivity index is 2.30. The molecule has 2 aromatic rings. The molecule has 0 aliphatic rings. The van der Waals surface area contributed by atoms with Crippen LogP contribution in [0.1, 0.15) is 18.3 Å². The number of benzene rings is 1. The maximum absolute atomic E-state index is 12.0. The second kappa shape index (κ2) is 6.30. The van der Waals surface area contributed by atoms with E-state index in [9.17, 15) is 4.79 Å². The van der Waals surface area contributed by atoms with Gasteiger partial charge in [0.1, 0.15) is 5.82 Å². The van der Waals surface area contributed by atoms with Gasteiger partial charge in [0.25, 0.3) is 0 Å². The highest BCUT2D eigenvalue weighted by Gasteiger charge is 2.20. The molecule has 21 heavy (non-hydrogen) atoms. The van der Waals surface area contributed by atoms with Crippen LogP contribution in [0.5, 0.6) is 0 Å². The fourth-order valence-corrected chi connectivity index (χ4v) is 3.04. The zero-order chi connectivity index (χ0) is 15.6. The highest BCUT2D eigenvalue weighted by molar-refractivity contribution is 8.00. The summed E-state index contributed by atoms with van der Waals surface area (Å²) in [5, 5.41) is 8.88. The third-order valence-electron chi connectivity index (χ3n) is 3.16. The van der Waals surface area contributed by atoms with Crippen molar-refractivity contribution in [2.24, 2.45) is 0 Å². The average molecular weight is 304 g/mol. The molecule has 0 saturated carbocycles. The molecule has 0 N–H and O–H groups in total. The molecule has 6 heteroatoms. The lowest BCUT2D eigenvalue weighted by molar-refractivity contribution is -0.127. The van der Waals surface area contributed by atoms with Gasteiger partial charge in [0, 0.05) is 19.8 Å². The first-order valence-electron chi connectivity index (χ1n) is 6.77. The van der Waals surface area contributed by atoms with Gasteiger partial charge in [-0.3, -0.25) is 9.36 Å². The Bertz CT molecular complexity index is 634. The third kappa shape index (κ3) is 3.44. The van der Waals surface area contributed by atoms with Gasteiger partial charge in [-0.1, -0.05) is 29.5 Å². The molecular weight excluding hydrogens is 284 g/mol. The van der Waals surface area contributed by atoms with E-state index in [-0.39, 0.29) is 11.2 Å². The van der Waals surface area contributed by atoms with E-state index in [0.29, 0.717) is 0 Å². The quantitative estimate of drug-likeness (QED) is 0.814. The van der Waals surface area contributed by atoms with E-state index in [2.05, 4.69) is 29.3 Å². The Morgan fingerprint density at radius 3 is 2.38 bits per heavy atom. The van der Waals surface area contributed by atoms with E-state index in [1.54, 1.807) is 19.0 Å². The first kappa shape index (κ1) is 15.6. The first-order chi connectivity index (χ1) is 9.90. The number of amides is 1. The van der Waals surface area contributed by atoms with E-state index in [1.165, 1.54) is 17.3 Å². The van der Waals surface area contributed by atoms with E-state index < -0.39 is 0 Å². The van der Waals surface area contributed by atoms with Crippen LogP contribution in [-0.2, 0) is 4.79 Å². The second-order valence-corrected chi connectivity index (χ2v) is 6.50. The van der Waals surface area contributed by atoms with Crippen molar-refractivity contribution in [1.82, 2.24) is 19.7 Å². The van der Waals surface area contributed by atoms with Crippen molar-refractivity contribution in [3.05, 3.63) is 35.7 Å². The Kier molecular flexibility index (Phi) is 4.67. The molecular formula is C15H20N4OS. The fraction of sp³-hybridized carbons (Fsp3) is 0.400. The summed E-state index contributed by atoms with van der Waals surface area (Å²) >= 11 is 1.42. The highest BCUT2D eigenvalue weighted by Crippen LogP contribution is 2.26. The minimum Gasteiger partial charge on any atom is -0.348 e. The van der Waals surface area contributed by atoms with Crippen molar-refractivity contribution in [2.75, 3.05) is 14.1 Å². The number of carbonyl (C=O) groups excluding carboxylic acids is 1. The van der Waals surface area contributed by atoms with Crippen molar-refractivity contribution in [2.45, 2.75) is 31.2 Å². The monoisotopic (exact) mass is 304 g/mol. The SMILES string of the molecule is Cc1ccc(-n2c(C)nnc2SC(C)C(=O)N(C)C)cc1. The molecule has 5 nitrogen and oxygen atoms in total. The number of aromatic nitrogens is 3. The van der Waals surface area contributed by atoms with Crippen molar-refractivity contribution in [1.29, 1.82) is 0 Å². The van der Waals surface area contributed by atoms with E-state index in [0.717, 1.165) is 16.7 Å². The van der Waals surface area contributed by atoms with Crippen molar-refractivity contribution in [3.8, 4) is 5.69 Å². The van der Waals surface area contributed by atoms with Gasteiger partial charge in [-0.15, -0.1) is 10.2 Å². The number of carbonyl (C=O) groups is 1. The van der Waals surface area contributed by atoms with Gasteiger partial charge < -0.3 is 4.90 Å². The van der Waals surface area contributed by atoms with Gasteiger partial charge >= 0.3 is 0 Å². The molecule has 1 unspecified atom stereocenters. The lowest BCUT2D eigenvalue weighted by Crippen LogP contribution is -2.29. The van der Waals surface area contributed by atoms with Crippen LogP contribution in [0.2, 0.25) is 0 Å². The minimum absolute atomic E-state index is 0.0658. The number of aryl methyl sites for hydroxylation is 2. The molecule has 0 radical (unpaired) electrons. The molecule has 0 fully saturated rings. The second-order valence-electron chi connectivity index (χ2n) is 5.19. The molecule has 0 saturated heterocycles. The third-order valence-corrected chi connectivity index (χ3v) is 4.19. The molecule has 1 heterocycles. The van der Waals surface area contributed by atoms with Crippen LogP contribution in [0.25, 0.3) is 5.69 Å². The maximum atomic E-state index is 12.0. The van der Waals surface area contributed by atoms with E-state index >= 15 is 0 Å². The zero-order valence-electron chi connectivity index (χ0n) is 13.0. The highest BCUT2D eigenvalue weighted by atomic mass is 32.2. The topological polar surface area (TPSA) is 51.0 Å². The van der Waals surface area contributed by atoms with Gasteiger partial charge in [-0.2, -0.15) is 0 Å². The summed E-state index contributed by atoms with van der Waals surface area (Å²) < 4.78 is 1.98. The molecule has 2 rings (SSSR count). The maximum Gasteiger partial charge on any atom is 0.235 e. The zero-order valence-corrected chi connectivity index (χ0v) is 13.8. The Morgan fingerprint density at radius 1 is 1.19 bits per heavy atom. The lowest BCUT2D eigenvalue weighted by atomic mass is 10.2. The summed E-state index contributed by atoms with van der Waals surface area (Å²) in [6, 6.07) is 8.18. The molecule has 112 valence electrons. The molecule has 0 spiro atoms. The molecule has 1 amide bonds. The van der Waals surface area contributed by atoms with Crippen LogP contribution in [0.4, 0.5) is 0 Å². The number of thioether (sulfide) groups is 1. The van der Waals surface area contributed by atoms with Crippen LogP contribution < -0.4 is 0 Å². The van der Waals surface area contributed by atoms with Crippen molar-refractivity contribution < 1.29 is 4.79 Å². The first-order valence-corrected chi connectivity index (χ1v) is 7.65. The van der Waals surface area contributed by atoms with Crippen molar-refractivity contribution >= 4 is 17.7 Å². The fourth-order valence-electron chi connectivity index (χ4n) is 1.98. The van der Waals surface area contributed by atoms with Gasteiger partial charge in [0.05, 0.1) is 5.25 Å². The predicted molar refractivity (Wildman–Crippen MR) is 84.8 cm³/mol. The Morgan fingerprint density at radius 2 is 1.81 bits per heavy atom. The van der Waals surface area contributed by atoms with E-state index in [1.807, 2.05) is 30.5 Å². The Labute approximate surface area is 129 Å². The molecule has 0 aliphatic heterocycles. The molecule has 1 atom stereocenters. The summed E-state index contributed by atoms with van der Waals surface area (Å²) in [6.07, 6.45) is 0. The van der Waals surface area contributed by atoms with Gasteiger partial charge in [-0.05, 0) is 32.9 Å². The van der Waals surface area contributed by atoms with Crippen LogP contribution in [0.3, 0.4) is 0 Å². The predicted octanol–water partition coefficient (Wildman–Crippen LogP) is 2.45. The summed E-state index contributed by atoms with van der Waals surface area (Å²) in [4.78, 5) is 13.6. The normalized spacial score (nSPS) is 12.2. The summed E-state index contributed by atoms with van der Waals surface area (Å²) in [5.41, 5.74) is 2.21. The van der Waals surface area contributed by atoms with Crippen LogP contribution in [0.15, 0.2) is 29.4 Å². The standard InChI is InChI=1S/C15H20N4OS/c1-10-6-8-13(9-7-10)19-12(3)16-17-15(19)21-11(2)14(20)18(4)5/h6-9,11H,1-5H3. The molecule has 0 bridgehead atoms. The molecule has 1 aromatic heterocycles. The summed E-state index contributed by atoms with van der Waals surface area (Å²) in [7, 11) is 3.52. The number of rotatable bonds is 4. The molecule has 1 aromatic carbocycles. The van der Waals surface area contributed by atoms with Gasteiger partial charge in [0.15, 0.2) is 5.16 Å². The molecule has 0 aliphatic carbocycles. The van der Waals surface area contributed by atoms with Crippen molar-refractivity contribution in [3.63, 3.8) is 0 Å². The minimum atomic E-state index is -0.201. The van der Waals surface area contributed by atoms with Gasteiger partial charge in [-0.25, -0.2) is 0 Å². The number of hydrogen-bond acceptors (Lipinski definition) is 4. The Hall–Kier alpha value is -1.82. The van der Waals surface area contributed by atoms with Crippen LogP contribution in [0, 0.1) is 13.8 Å². The smallest absolute Gasteiger partial charge is 0.235 e. The summed E-state index contributed by atoms with van der Waals surface area (Å²) in [6.45, 7) is 5.85. The lowest BCUT2D eigenvalue weighted by Gasteiger charge is -2.16. The van der Waals surface area contributed by atoms with Gasteiger partial charge in [0.2, 0.25) is 5.91 Å². The van der Waals surface area contributed by atoms with E-state index in [4.69, 9.17) is 0 Å².